The molecule has 0 bridgehead atoms. The van der Waals surface area contributed by atoms with E-state index in [1.54, 1.807) is 0 Å². The molecule has 0 radical (unpaired) electrons. The first-order valence-electron chi connectivity index (χ1n) is 7.51. The number of amides is 2. The third kappa shape index (κ3) is 4.62. The van der Waals surface area contributed by atoms with E-state index in [9.17, 15) is 23.5 Å². The number of nitrogens with one attached hydrogen (secondary N) is 1. The Bertz CT molecular complexity index is 394. The average molecular weight is 304 g/mol. The Balaban J connectivity index is 1.80. The van der Waals surface area contributed by atoms with Gasteiger partial charge in [0.2, 0.25) is 11.8 Å². The van der Waals surface area contributed by atoms with Crippen LogP contribution in [0.25, 0.3) is 0 Å². The van der Waals surface area contributed by atoms with Crippen LogP contribution >= 0.6 is 0 Å². The van der Waals surface area contributed by atoms with Crippen LogP contribution in [0.15, 0.2) is 0 Å². The van der Waals surface area contributed by atoms with Crippen LogP contribution in [0.2, 0.25) is 0 Å². The average Bonchev–Trinajstić information content (AvgIpc) is 2.57. The van der Waals surface area contributed by atoms with Crippen molar-refractivity contribution < 1.29 is 23.5 Å². The van der Waals surface area contributed by atoms with Crippen LogP contribution in [0, 0.1) is 0 Å². The molecule has 21 heavy (non-hydrogen) atoms. The third-order valence-corrected chi connectivity index (χ3v) is 4.17. The molecular weight excluding hydrogens is 282 g/mol. The van der Waals surface area contributed by atoms with Crippen LogP contribution in [0.4, 0.5) is 8.78 Å². The van der Waals surface area contributed by atoms with E-state index < -0.39 is 17.9 Å². The summed E-state index contributed by atoms with van der Waals surface area (Å²) in [5.74, 6) is -3.38. The largest absolute Gasteiger partial charge is 0.383 e. The molecule has 2 fully saturated rings. The number of rotatable bonds is 3. The van der Waals surface area contributed by atoms with Gasteiger partial charge in [-0.2, -0.15) is 0 Å². The highest BCUT2D eigenvalue weighted by Crippen LogP contribution is 2.32. The lowest BCUT2D eigenvalue weighted by Gasteiger charge is -2.29. The zero-order valence-corrected chi connectivity index (χ0v) is 12.0. The Labute approximate surface area is 122 Å². The SMILES string of the molecule is O=C(CN1CCCCC(O)C1=O)NC1CCC(F)(F)CC1. The molecule has 0 spiro atoms. The Morgan fingerprint density at radius 3 is 2.62 bits per heavy atom. The number of carbonyl (C=O) groups is 2. The van der Waals surface area contributed by atoms with Gasteiger partial charge in [-0.3, -0.25) is 9.59 Å². The molecule has 2 N–H and O–H groups in total. The Hall–Kier alpha value is -1.24. The number of halogens is 2. The molecular formula is C14H22F2N2O3. The van der Waals surface area contributed by atoms with Crippen LogP contribution in [-0.4, -0.2) is 53.0 Å². The maximum Gasteiger partial charge on any atom is 0.251 e. The van der Waals surface area contributed by atoms with E-state index in [4.69, 9.17) is 0 Å². The second kappa shape index (κ2) is 6.68. The Morgan fingerprint density at radius 1 is 1.29 bits per heavy atom. The van der Waals surface area contributed by atoms with Crippen LogP contribution in [0.3, 0.4) is 0 Å². The molecule has 0 aromatic rings. The highest BCUT2D eigenvalue weighted by atomic mass is 19.3. The van der Waals surface area contributed by atoms with Gasteiger partial charge in [-0.1, -0.05) is 0 Å². The summed E-state index contributed by atoms with van der Waals surface area (Å²) in [6.07, 6.45) is 1.00. The first-order valence-corrected chi connectivity index (χ1v) is 7.51. The fourth-order valence-corrected chi connectivity index (χ4v) is 2.87. The van der Waals surface area contributed by atoms with Gasteiger partial charge in [0.25, 0.3) is 5.91 Å². The number of aliphatic hydroxyl groups excluding tert-OH is 1. The summed E-state index contributed by atoms with van der Waals surface area (Å²) in [5, 5.41) is 12.3. The molecule has 120 valence electrons. The summed E-state index contributed by atoms with van der Waals surface area (Å²) < 4.78 is 26.1. The first-order chi connectivity index (χ1) is 9.87. The second-order valence-electron chi connectivity index (χ2n) is 5.97. The second-order valence-corrected chi connectivity index (χ2v) is 5.97. The predicted octanol–water partition coefficient (Wildman–Crippen LogP) is 1.05. The highest BCUT2D eigenvalue weighted by Gasteiger charge is 2.35. The molecule has 1 saturated carbocycles. The van der Waals surface area contributed by atoms with E-state index in [2.05, 4.69) is 5.32 Å². The summed E-state index contributed by atoms with van der Waals surface area (Å²) in [7, 11) is 0. The van der Waals surface area contributed by atoms with Crippen molar-refractivity contribution in [3.8, 4) is 0 Å². The van der Waals surface area contributed by atoms with Crippen molar-refractivity contribution in [3.05, 3.63) is 0 Å². The number of hydrogen-bond donors (Lipinski definition) is 2. The molecule has 1 aliphatic heterocycles. The summed E-state index contributed by atoms with van der Waals surface area (Å²) in [6, 6.07) is -0.246. The van der Waals surface area contributed by atoms with Gasteiger partial charge >= 0.3 is 0 Å². The van der Waals surface area contributed by atoms with Crippen molar-refractivity contribution in [1.29, 1.82) is 0 Å². The van der Waals surface area contributed by atoms with Gasteiger partial charge in [-0.25, -0.2) is 8.78 Å². The fraction of sp³-hybridized carbons (Fsp3) is 0.857. The molecule has 2 aliphatic rings. The molecule has 2 rings (SSSR count). The fourth-order valence-electron chi connectivity index (χ4n) is 2.87. The molecule has 5 nitrogen and oxygen atoms in total. The number of hydrogen-bond acceptors (Lipinski definition) is 3. The molecule has 1 heterocycles. The maximum absolute atomic E-state index is 13.0. The molecule has 7 heteroatoms. The van der Waals surface area contributed by atoms with Gasteiger partial charge in [0.05, 0.1) is 6.54 Å². The molecule has 1 aliphatic carbocycles. The lowest BCUT2D eigenvalue weighted by molar-refractivity contribution is -0.142. The topological polar surface area (TPSA) is 69.6 Å². The molecule has 1 unspecified atom stereocenters. The minimum atomic E-state index is -2.62. The molecule has 0 aromatic carbocycles. The standard InChI is InChI=1S/C14H22F2N2O3/c15-14(16)6-4-10(5-7-14)17-12(20)9-18-8-2-1-3-11(19)13(18)21/h10-11,19H,1-9H2,(H,17,20). The molecule has 1 atom stereocenters. The van der Waals surface area contributed by atoms with E-state index in [1.807, 2.05) is 0 Å². The van der Waals surface area contributed by atoms with Crippen molar-refractivity contribution >= 4 is 11.8 Å². The monoisotopic (exact) mass is 304 g/mol. The van der Waals surface area contributed by atoms with Crippen molar-refractivity contribution in [2.24, 2.45) is 0 Å². The zero-order valence-electron chi connectivity index (χ0n) is 12.0. The van der Waals surface area contributed by atoms with Gasteiger partial charge in [0.15, 0.2) is 0 Å². The summed E-state index contributed by atoms with van der Waals surface area (Å²) in [4.78, 5) is 25.1. The van der Waals surface area contributed by atoms with E-state index >= 15 is 0 Å². The van der Waals surface area contributed by atoms with Crippen molar-refractivity contribution in [1.82, 2.24) is 10.2 Å². The van der Waals surface area contributed by atoms with Gasteiger partial charge < -0.3 is 15.3 Å². The van der Waals surface area contributed by atoms with Gasteiger partial charge in [0.1, 0.15) is 6.10 Å². The molecule has 0 aromatic heterocycles. The number of aliphatic hydroxyl groups is 1. The minimum Gasteiger partial charge on any atom is -0.383 e. The van der Waals surface area contributed by atoms with Crippen LogP contribution in [0.5, 0.6) is 0 Å². The lowest BCUT2D eigenvalue weighted by Crippen LogP contribution is -2.47. The van der Waals surface area contributed by atoms with Crippen LogP contribution in [0.1, 0.15) is 44.9 Å². The van der Waals surface area contributed by atoms with Crippen molar-refractivity contribution in [2.45, 2.75) is 63.0 Å². The highest BCUT2D eigenvalue weighted by molar-refractivity contribution is 5.87. The van der Waals surface area contributed by atoms with Crippen molar-refractivity contribution in [2.75, 3.05) is 13.1 Å². The van der Waals surface area contributed by atoms with E-state index in [-0.39, 0.29) is 44.2 Å². The number of likely N-dealkylation sites (tertiary alicyclic amines) is 1. The summed E-state index contributed by atoms with van der Waals surface area (Å²) >= 11 is 0. The Morgan fingerprint density at radius 2 is 1.95 bits per heavy atom. The third-order valence-electron chi connectivity index (χ3n) is 4.17. The van der Waals surface area contributed by atoms with E-state index in [0.717, 1.165) is 12.8 Å². The van der Waals surface area contributed by atoms with Gasteiger partial charge in [0, 0.05) is 25.4 Å². The van der Waals surface area contributed by atoms with Gasteiger partial charge in [-0.05, 0) is 32.1 Å². The minimum absolute atomic E-state index is 0.108. The van der Waals surface area contributed by atoms with E-state index in [1.165, 1.54) is 4.90 Å². The number of alkyl halides is 2. The summed E-state index contributed by atoms with van der Waals surface area (Å²) in [6.45, 7) is 0.342. The smallest absolute Gasteiger partial charge is 0.251 e. The van der Waals surface area contributed by atoms with Gasteiger partial charge in [-0.15, -0.1) is 0 Å². The van der Waals surface area contributed by atoms with Crippen LogP contribution in [-0.2, 0) is 9.59 Å². The summed E-state index contributed by atoms with van der Waals surface area (Å²) in [5.41, 5.74) is 0. The maximum atomic E-state index is 13.0. The normalized spacial score (nSPS) is 27.3. The molecule has 2 amide bonds. The first kappa shape index (κ1) is 16.1. The lowest BCUT2D eigenvalue weighted by atomic mass is 9.92. The van der Waals surface area contributed by atoms with E-state index in [0.29, 0.717) is 13.0 Å². The quantitative estimate of drug-likeness (QED) is 0.819. The number of nitrogens with zero attached hydrogens (tertiary/aromatic N) is 1. The predicted molar refractivity (Wildman–Crippen MR) is 71.8 cm³/mol. The number of carbonyl (C=O) groups excluding carboxylic acids is 2. The zero-order chi connectivity index (χ0) is 15.5. The Kier molecular flexibility index (Phi) is 5.13. The molecule has 1 saturated heterocycles. The van der Waals surface area contributed by atoms with Crippen molar-refractivity contribution in [3.63, 3.8) is 0 Å². The van der Waals surface area contributed by atoms with Crippen LogP contribution < -0.4 is 5.32 Å².